The topological polar surface area (TPSA) is 129 Å². The highest BCUT2D eigenvalue weighted by Crippen LogP contribution is 2.30. The number of fused-ring (bicyclic) bond motifs is 1. The number of imidazole rings is 1. The number of pyridine rings is 1. The Morgan fingerprint density at radius 3 is 2.60 bits per heavy atom. The van der Waals surface area contributed by atoms with Crippen LogP contribution in [0.15, 0.2) is 67.3 Å². The van der Waals surface area contributed by atoms with E-state index in [0.717, 1.165) is 26.7 Å². The van der Waals surface area contributed by atoms with Crippen LogP contribution in [0.1, 0.15) is 30.1 Å². The molecule has 5 aromatic rings. The van der Waals surface area contributed by atoms with E-state index in [1.165, 1.54) is 12.4 Å². The molecule has 1 N–H and O–H groups in total. The molecule has 4 aromatic heterocycles. The van der Waals surface area contributed by atoms with Crippen molar-refractivity contribution in [1.82, 2.24) is 33.7 Å². The van der Waals surface area contributed by atoms with Crippen molar-refractivity contribution in [3.63, 3.8) is 0 Å². The number of rotatable bonds is 7. The Morgan fingerprint density at radius 1 is 1.00 bits per heavy atom. The van der Waals surface area contributed by atoms with E-state index in [9.17, 15) is 13.5 Å². The molecule has 1 fully saturated rings. The van der Waals surface area contributed by atoms with Crippen molar-refractivity contribution in [1.29, 1.82) is 0 Å². The third kappa shape index (κ3) is 3.98. The van der Waals surface area contributed by atoms with Gasteiger partial charge in [0.2, 0.25) is 0 Å². The molecule has 0 unspecified atom stereocenters. The maximum absolute atomic E-state index is 12.4. The van der Waals surface area contributed by atoms with Crippen molar-refractivity contribution in [2.45, 2.75) is 31.1 Å². The van der Waals surface area contributed by atoms with Crippen molar-refractivity contribution >= 4 is 21.1 Å². The van der Waals surface area contributed by atoms with Crippen LogP contribution in [0.25, 0.3) is 28.1 Å². The third-order valence-corrected chi connectivity index (χ3v) is 7.96. The van der Waals surface area contributed by atoms with Gasteiger partial charge in [-0.05, 0) is 37.1 Å². The molecular weight excluding hydrogens is 466 g/mol. The summed E-state index contributed by atoms with van der Waals surface area (Å²) in [6, 6.07) is 13.5. The minimum absolute atomic E-state index is 0.196. The van der Waals surface area contributed by atoms with Crippen molar-refractivity contribution in [3.8, 4) is 17.1 Å². The van der Waals surface area contributed by atoms with Gasteiger partial charge in [0.05, 0.1) is 40.6 Å². The summed E-state index contributed by atoms with van der Waals surface area (Å²) in [5, 5.41) is 13.5. The fourth-order valence-electron chi connectivity index (χ4n) is 4.04. The summed E-state index contributed by atoms with van der Waals surface area (Å²) in [5.74, 6) is 0.936. The van der Waals surface area contributed by atoms with Gasteiger partial charge in [0.15, 0.2) is 5.82 Å². The molecule has 0 bridgehead atoms. The predicted molar refractivity (Wildman–Crippen MR) is 128 cm³/mol. The van der Waals surface area contributed by atoms with Crippen molar-refractivity contribution in [3.05, 3.63) is 84.5 Å². The molecule has 0 amide bonds. The normalized spacial score (nSPS) is 14.0. The second-order valence-corrected chi connectivity index (χ2v) is 10.5. The fourth-order valence-corrected chi connectivity index (χ4v) is 5.51. The zero-order valence-corrected chi connectivity index (χ0v) is 19.4. The maximum Gasteiger partial charge on any atom is 0.256 e. The summed E-state index contributed by atoms with van der Waals surface area (Å²) in [4.78, 5) is 18.0. The fraction of sp³-hybridized carbons (Fsp3) is 0.208. The molecule has 6 rings (SSSR count). The Kier molecular flexibility index (Phi) is 5.15. The number of nitrogens with zero attached hydrogens (tertiary/aromatic N) is 7. The van der Waals surface area contributed by atoms with Crippen molar-refractivity contribution < 1.29 is 13.5 Å². The number of aliphatic hydroxyl groups is 1. The summed E-state index contributed by atoms with van der Waals surface area (Å²) in [7, 11) is -3.45. The second-order valence-electron chi connectivity index (χ2n) is 8.42. The highest BCUT2D eigenvalue weighted by atomic mass is 32.2. The molecule has 1 aliphatic carbocycles. The van der Waals surface area contributed by atoms with Gasteiger partial charge in [-0.2, -0.15) is 9.19 Å². The Hall–Kier alpha value is -3.96. The van der Waals surface area contributed by atoms with Gasteiger partial charge in [-0.15, -0.1) is 0 Å². The van der Waals surface area contributed by atoms with Gasteiger partial charge in [-0.1, -0.05) is 18.2 Å². The van der Waals surface area contributed by atoms with Gasteiger partial charge in [0, 0.05) is 24.0 Å². The molecule has 1 saturated carbocycles. The predicted octanol–water partition coefficient (Wildman–Crippen LogP) is 2.50. The van der Waals surface area contributed by atoms with Crippen LogP contribution in [0.2, 0.25) is 0 Å². The number of hydrogen-bond donors (Lipinski definition) is 1. The van der Waals surface area contributed by atoms with Crippen LogP contribution in [-0.4, -0.2) is 52.5 Å². The zero-order valence-electron chi connectivity index (χ0n) is 18.6. The van der Waals surface area contributed by atoms with Crippen molar-refractivity contribution in [2.24, 2.45) is 0 Å². The van der Waals surface area contributed by atoms with Crippen LogP contribution in [0, 0.1) is 0 Å². The molecule has 35 heavy (non-hydrogen) atoms. The number of para-hydroxylation sites is 1. The number of aromatic nitrogens is 7. The molecule has 1 aliphatic rings. The average Bonchev–Trinajstić information content (AvgIpc) is 3.51. The quantitative estimate of drug-likeness (QED) is 0.371. The van der Waals surface area contributed by atoms with Gasteiger partial charge < -0.3 is 5.11 Å². The molecule has 176 valence electrons. The van der Waals surface area contributed by atoms with Crippen LogP contribution in [0.3, 0.4) is 0 Å². The van der Waals surface area contributed by atoms with E-state index in [0.29, 0.717) is 42.0 Å². The average molecular weight is 488 g/mol. The third-order valence-electron chi connectivity index (χ3n) is 5.92. The van der Waals surface area contributed by atoms with Gasteiger partial charge in [0.25, 0.3) is 10.0 Å². The lowest BCUT2D eigenvalue weighted by molar-refractivity contribution is 0.270. The van der Waals surface area contributed by atoms with Gasteiger partial charge >= 0.3 is 0 Å². The first-order valence-electron chi connectivity index (χ1n) is 11.2. The van der Waals surface area contributed by atoms with E-state index in [-0.39, 0.29) is 11.9 Å². The molecule has 0 aliphatic heterocycles. The lowest BCUT2D eigenvalue weighted by Gasteiger charge is -2.08. The smallest absolute Gasteiger partial charge is 0.256 e. The van der Waals surface area contributed by atoms with Gasteiger partial charge in [-0.3, -0.25) is 9.55 Å². The molecule has 0 spiro atoms. The largest absolute Gasteiger partial charge is 0.388 e. The molecule has 4 heterocycles. The first-order valence-corrected chi connectivity index (χ1v) is 12.7. The molecule has 11 heteroatoms. The zero-order chi connectivity index (χ0) is 24.0. The summed E-state index contributed by atoms with van der Waals surface area (Å²) in [6.07, 6.45) is 8.05. The Balaban J connectivity index is 1.32. The molecule has 10 nitrogen and oxygen atoms in total. The SMILES string of the molecule is O=S(=O)(C1CC1)n1cc(-c2nccc(Cc3cc4c(cn3)nc(CO)n4-c3ccccc3)n2)cn1. The minimum Gasteiger partial charge on any atom is -0.388 e. The molecular formula is C24H21N7O3S. The van der Waals surface area contributed by atoms with E-state index in [1.54, 1.807) is 18.5 Å². The van der Waals surface area contributed by atoms with E-state index in [1.807, 2.05) is 41.0 Å². The summed E-state index contributed by atoms with van der Waals surface area (Å²) in [5.41, 5.74) is 4.47. The summed E-state index contributed by atoms with van der Waals surface area (Å²) in [6.45, 7) is -0.196. The highest BCUT2D eigenvalue weighted by Gasteiger charge is 2.37. The molecule has 0 saturated heterocycles. The van der Waals surface area contributed by atoms with Crippen LogP contribution in [0.4, 0.5) is 0 Å². The highest BCUT2D eigenvalue weighted by molar-refractivity contribution is 7.90. The van der Waals surface area contributed by atoms with E-state index < -0.39 is 10.0 Å². The number of aliphatic hydroxyl groups excluding tert-OH is 1. The first kappa shape index (κ1) is 21.6. The van der Waals surface area contributed by atoms with E-state index in [4.69, 9.17) is 0 Å². The van der Waals surface area contributed by atoms with Crippen LogP contribution in [0.5, 0.6) is 0 Å². The van der Waals surface area contributed by atoms with Crippen molar-refractivity contribution in [2.75, 3.05) is 0 Å². The Bertz CT molecular complexity index is 1640. The molecule has 0 radical (unpaired) electrons. The lowest BCUT2D eigenvalue weighted by atomic mass is 10.2. The number of hydrogen-bond acceptors (Lipinski definition) is 8. The Labute approximate surface area is 201 Å². The summed E-state index contributed by atoms with van der Waals surface area (Å²) < 4.78 is 27.8. The lowest BCUT2D eigenvalue weighted by Crippen LogP contribution is -2.17. The molecule has 1 aromatic carbocycles. The van der Waals surface area contributed by atoms with E-state index >= 15 is 0 Å². The van der Waals surface area contributed by atoms with Crippen LogP contribution < -0.4 is 0 Å². The maximum atomic E-state index is 12.4. The second kappa shape index (κ2) is 8.36. The van der Waals surface area contributed by atoms with Gasteiger partial charge in [-0.25, -0.2) is 23.4 Å². The van der Waals surface area contributed by atoms with Gasteiger partial charge in [0.1, 0.15) is 17.9 Å². The van der Waals surface area contributed by atoms with Crippen LogP contribution in [-0.2, 0) is 23.1 Å². The van der Waals surface area contributed by atoms with E-state index in [2.05, 4.69) is 25.0 Å². The number of benzene rings is 1. The standard InChI is InChI=1S/C24H21N7O3S/c32-15-23-29-21-13-26-18(11-22(21)31(23)19-4-2-1-3-5-19)10-17-8-9-25-24(28-17)16-12-27-30(14-16)35(33,34)20-6-7-20/h1-5,8-9,11-14,20,32H,6-7,10,15H2. The van der Waals surface area contributed by atoms with Crippen LogP contribution >= 0.6 is 0 Å². The monoisotopic (exact) mass is 487 g/mol. The Morgan fingerprint density at radius 2 is 1.83 bits per heavy atom. The molecule has 0 atom stereocenters. The summed E-state index contributed by atoms with van der Waals surface area (Å²) >= 11 is 0. The minimum atomic E-state index is -3.45. The first-order chi connectivity index (χ1) is 17.0.